The lowest BCUT2D eigenvalue weighted by atomic mass is 9.94. The van der Waals surface area contributed by atoms with E-state index < -0.39 is 0 Å². The van der Waals surface area contributed by atoms with Crippen LogP contribution in [0.1, 0.15) is 50.5 Å². The van der Waals surface area contributed by atoms with Crippen LogP contribution in [0.25, 0.3) is 0 Å². The van der Waals surface area contributed by atoms with Crippen LogP contribution in [-0.2, 0) is 6.42 Å². The molecular weight excluding hydrogens is 234 g/mol. The van der Waals surface area contributed by atoms with Gasteiger partial charge in [0.05, 0.1) is 6.04 Å². The number of aryl methyl sites for hydroxylation is 1. The zero-order valence-corrected chi connectivity index (χ0v) is 13.2. The number of likely N-dealkylation sites (N-methyl/N-ethyl adjacent to an activating group) is 1. The topological polar surface area (TPSA) is 20.3 Å². The molecule has 1 atom stereocenters. The first kappa shape index (κ1) is 15.9. The molecule has 1 aromatic rings. The first-order valence-electron chi connectivity index (χ1n) is 7.08. The van der Waals surface area contributed by atoms with Crippen molar-refractivity contribution >= 4 is 5.78 Å². The Balaban J connectivity index is 2.75. The Hall–Kier alpha value is -1.15. The standard InChI is InChI=1S/C17H27NO/c1-7-14-8-10-15(11-9-14)16(19)13(2)18(6)12-17(3,4)5/h8-11,13H,7,12H2,1-6H3. The van der Waals surface area contributed by atoms with Crippen LogP contribution < -0.4 is 0 Å². The first-order valence-corrected chi connectivity index (χ1v) is 7.08. The van der Waals surface area contributed by atoms with E-state index in [2.05, 4.69) is 32.6 Å². The van der Waals surface area contributed by atoms with Gasteiger partial charge in [-0.25, -0.2) is 0 Å². The van der Waals surface area contributed by atoms with Crippen molar-refractivity contribution in [2.75, 3.05) is 13.6 Å². The molecule has 0 aromatic heterocycles. The smallest absolute Gasteiger partial charge is 0.179 e. The Labute approximate surface area is 117 Å². The van der Waals surface area contributed by atoms with E-state index in [1.807, 2.05) is 38.2 Å². The molecule has 2 nitrogen and oxygen atoms in total. The summed E-state index contributed by atoms with van der Waals surface area (Å²) in [6.07, 6.45) is 1.01. The van der Waals surface area contributed by atoms with Gasteiger partial charge in [-0.05, 0) is 31.4 Å². The van der Waals surface area contributed by atoms with Gasteiger partial charge in [-0.3, -0.25) is 9.69 Å². The Morgan fingerprint density at radius 3 is 2.16 bits per heavy atom. The third kappa shape index (κ3) is 4.79. The number of rotatable bonds is 5. The second-order valence-electron chi connectivity index (χ2n) is 6.57. The monoisotopic (exact) mass is 261 g/mol. The summed E-state index contributed by atoms with van der Waals surface area (Å²) >= 11 is 0. The summed E-state index contributed by atoms with van der Waals surface area (Å²) in [6.45, 7) is 11.6. The average molecular weight is 261 g/mol. The molecule has 0 radical (unpaired) electrons. The van der Waals surface area contributed by atoms with Crippen molar-refractivity contribution in [3.63, 3.8) is 0 Å². The summed E-state index contributed by atoms with van der Waals surface area (Å²) in [5.41, 5.74) is 2.28. The molecule has 0 aliphatic carbocycles. The number of hydrogen-bond donors (Lipinski definition) is 0. The number of hydrogen-bond acceptors (Lipinski definition) is 2. The average Bonchev–Trinajstić information content (AvgIpc) is 2.35. The third-order valence-corrected chi connectivity index (χ3v) is 3.41. The van der Waals surface area contributed by atoms with Crippen molar-refractivity contribution in [2.45, 2.75) is 47.1 Å². The van der Waals surface area contributed by atoms with Gasteiger partial charge in [0, 0.05) is 12.1 Å². The van der Waals surface area contributed by atoms with Gasteiger partial charge in [0.1, 0.15) is 0 Å². The lowest BCUT2D eigenvalue weighted by Crippen LogP contribution is -2.40. The van der Waals surface area contributed by atoms with Crippen LogP contribution >= 0.6 is 0 Å². The molecule has 1 aromatic carbocycles. The zero-order valence-electron chi connectivity index (χ0n) is 13.2. The van der Waals surface area contributed by atoms with E-state index >= 15 is 0 Å². The summed E-state index contributed by atoms with van der Waals surface area (Å²) in [6, 6.07) is 7.91. The minimum Gasteiger partial charge on any atom is -0.296 e. The number of benzene rings is 1. The highest BCUT2D eigenvalue weighted by atomic mass is 16.1. The van der Waals surface area contributed by atoms with E-state index in [0.717, 1.165) is 18.5 Å². The molecule has 0 bridgehead atoms. The largest absolute Gasteiger partial charge is 0.296 e. The van der Waals surface area contributed by atoms with Crippen molar-refractivity contribution in [3.8, 4) is 0 Å². The van der Waals surface area contributed by atoms with Gasteiger partial charge in [0.15, 0.2) is 5.78 Å². The molecule has 19 heavy (non-hydrogen) atoms. The minimum absolute atomic E-state index is 0.0771. The van der Waals surface area contributed by atoms with Crippen LogP contribution in [0.15, 0.2) is 24.3 Å². The molecule has 2 heteroatoms. The quantitative estimate of drug-likeness (QED) is 0.751. The van der Waals surface area contributed by atoms with Gasteiger partial charge in [-0.1, -0.05) is 52.0 Å². The van der Waals surface area contributed by atoms with E-state index in [0.29, 0.717) is 0 Å². The Kier molecular flexibility index (Phi) is 5.30. The van der Waals surface area contributed by atoms with Gasteiger partial charge in [0.25, 0.3) is 0 Å². The molecule has 0 aliphatic rings. The second kappa shape index (κ2) is 6.33. The van der Waals surface area contributed by atoms with E-state index in [-0.39, 0.29) is 17.2 Å². The fraction of sp³-hybridized carbons (Fsp3) is 0.588. The lowest BCUT2D eigenvalue weighted by molar-refractivity contribution is 0.0831. The Bertz CT molecular complexity index is 414. The van der Waals surface area contributed by atoms with E-state index in [9.17, 15) is 4.79 Å². The highest BCUT2D eigenvalue weighted by Crippen LogP contribution is 2.17. The third-order valence-electron chi connectivity index (χ3n) is 3.41. The van der Waals surface area contributed by atoms with Crippen molar-refractivity contribution in [1.82, 2.24) is 4.90 Å². The fourth-order valence-electron chi connectivity index (χ4n) is 2.23. The summed E-state index contributed by atoms with van der Waals surface area (Å²) < 4.78 is 0. The van der Waals surface area contributed by atoms with Gasteiger partial charge >= 0.3 is 0 Å². The van der Waals surface area contributed by atoms with Crippen LogP contribution in [0.4, 0.5) is 0 Å². The fourth-order valence-corrected chi connectivity index (χ4v) is 2.23. The predicted molar refractivity (Wildman–Crippen MR) is 81.7 cm³/mol. The van der Waals surface area contributed by atoms with E-state index in [1.165, 1.54) is 5.56 Å². The zero-order chi connectivity index (χ0) is 14.6. The van der Waals surface area contributed by atoms with E-state index in [1.54, 1.807) is 0 Å². The molecule has 0 N–H and O–H groups in total. The number of carbonyl (C=O) groups excluding carboxylic acids is 1. The van der Waals surface area contributed by atoms with Gasteiger partial charge < -0.3 is 0 Å². The van der Waals surface area contributed by atoms with Gasteiger partial charge in [0.2, 0.25) is 0 Å². The van der Waals surface area contributed by atoms with Crippen LogP contribution in [-0.4, -0.2) is 30.3 Å². The lowest BCUT2D eigenvalue weighted by Gasteiger charge is -2.30. The highest BCUT2D eigenvalue weighted by molar-refractivity contribution is 5.99. The summed E-state index contributed by atoms with van der Waals surface area (Å²) in [5.74, 6) is 0.203. The summed E-state index contributed by atoms with van der Waals surface area (Å²) in [7, 11) is 2.02. The molecule has 0 aliphatic heterocycles. The summed E-state index contributed by atoms with van der Waals surface area (Å²) in [4.78, 5) is 14.6. The van der Waals surface area contributed by atoms with Gasteiger partial charge in [-0.2, -0.15) is 0 Å². The maximum absolute atomic E-state index is 12.4. The first-order chi connectivity index (χ1) is 8.74. The molecule has 106 valence electrons. The molecule has 0 amide bonds. The second-order valence-corrected chi connectivity index (χ2v) is 6.57. The maximum atomic E-state index is 12.4. The van der Waals surface area contributed by atoms with Crippen molar-refractivity contribution in [1.29, 1.82) is 0 Å². The maximum Gasteiger partial charge on any atom is 0.179 e. The van der Waals surface area contributed by atoms with Crippen molar-refractivity contribution in [2.24, 2.45) is 5.41 Å². The minimum atomic E-state index is -0.0771. The van der Waals surface area contributed by atoms with Crippen molar-refractivity contribution in [3.05, 3.63) is 35.4 Å². The number of nitrogens with zero attached hydrogens (tertiary/aromatic N) is 1. The Morgan fingerprint density at radius 2 is 1.74 bits per heavy atom. The number of carbonyl (C=O) groups is 1. The predicted octanol–water partition coefficient (Wildman–Crippen LogP) is 3.80. The molecule has 0 spiro atoms. The SMILES string of the molecule is CCc1ccc(C(=O)C(C)N(C)CC(C)(C)C)cc1. The summed E-state index contributed by atoms with van der Waals surface area (Å²) in [5, 5.41) is 0. The molecule has 1 unspecified atom stereocenters. The van der Waals surface area contributed by atoms with Crippen molar-refractivity contribution < 1.29 is 4.79 Å². The van der Waals surface area contributed by atoms with E-state index in [4.69, 9.17) is 0 Å². The van der Waals surface area contributed by atoms with Crippen LogP contribution in [0.5, 0.6) is 0 Å². The molecule has 1 rings (SSSR count). The molecular formula is C17H27NO. The van der Waals surface area contributed by atoms with Crippen LogP contribution in [0, 0.1) is 5.41 Å². The number of ketones is 1. The Morgan fingerprint density at radius 1 is 1.21 bits per heavy atom. The molecule has 0 heterocycles. The van der Waals surface area contributed by atoms with Crippen LogP contribution in [0.3, 0.4) is 0 Å². The van der Waals surface area contributed by atoms with Gasteiger partial charge in [-0.15, -0.1) is 0 Å². The number of Topliss-reactive ketones (excluding diaryl/α,β-unsaturated/α-hetero) is 1. The van der Waals surface area contributed by atoms with Crippen LogP contribution in [0.2, 0.25) is 0 Å². The molecule has 0 fully saturated rings. The molecule has 0 saturated heterocycles. The highest BCUT2D eigenvalue weighted by Gasteiger charge is 2.23. The molecule has 0 saturated carbocycles. The normalized spacial score (nSPS) is 13.6.